The maximum absolute atomic E-state index is 11.9. The molecule has 0 radical (unpaired) electrons. The summed E-state index contributed by atoms with van der Waals surface area (Å²) < 4.78 is 15.9. The number of carbonyl (C=O) groups is 2. The van der Waals surface area contributed by atoms with E-state index in [1.807, 2.05) is 19.9 Å². The third-order valence-electron chi connectivity index (χ3n) is 3.91. The number of aryl methyl sites for hydroxylation is 2. The molecule has 1 aromatic heterocycles. The molecular formula is C18H18ClNO5. The fraction of sp³-hybridized carbons (Fsp3) is 0.333. The number of ether oxygens (including phenoxy) is 2. The summed E-state index contributed by atoms with van der Waals surface area (Å²) in [6, 6.07) is 3.51. The maximum atomic E-state index is 11.9. The van der Waals surface area contributed by atoms with Crippen molar-refractivity contribution in [2.45, 2.75) is 39.9 Å². The molecule has 2 heterocycles. The topological polar surface area (TPSA) is 77.8 Å². The number of rotatable bonds is 3. The van der Waals surface area contributed by atoms with Gasteiger partial charge in [-0.3, -0.25) is 0 Å². The lowest BCUT2D eigenvalue weighted by molar-refractivity contribution is -0.222. The van der Waals surface area contributed by atoms with Crippen LogP contribution in [0.25, 0.3) is 11.0 Å². The summed E-state index contributed by atoms with van der Waals surface area (Å²) in [5.74, 6) is -1.88. The zero-order valence-corrected chi connectivity index (χ0v) is 15.1. The van der Waals surface area contributed by atoms with Crippen LogP contribution in [-0.2, 0) is 25.5 Å². The highest BCUT2D eigenvalue weighted by Gasteiger charge is 2.38. The van der Waals surface area contributed by atoms with Crippen LogP contribution in [0.15, 0.2) is 28.3 Å². The first kappa shape index (κ1) is 17.4. The van der Waals surface area contributed by atoms with Crippen LogP contribution >= 0.6 is 11.6 Å². The van der Waals surface area contributed by atoms with E-state index in [0.29, 0.717) is 16.3 Å². The SMILES string of the molecule is CCc1oc2c(Cl)cc(NC=C3C(=O)OC(C)(C)OC3=O)cc2c1C. The van der Waals surface area contributed by atoms with E-state index in [1.165, 1.54) is 20.0 Å². The summed E-state index contributed by atoms with van der Waals surface area (Å²) >= 11 is 6.28. The fourth-order valence-electron chi connectivity index (χ4n) is 2.68. The van der Waals surface area contributed by atoms with Gasteiger partial charge in [0, 0.05) is 37.5 Å². The Hall–Kier alpha value is -2.47. The molecule has 0 atom stereocenters. The van der Waals surface area contributed by atoms with Gasteiger partial charge in [-0.2, -0.15) is 0 Å². The number of fused-ring (bicyclic) bond motifs is 1. The van der Waals surface area contributed by atoms with Crippen LogP contribution in [0.2, 0.25) is 5.02 Å². The molecule has 1 aromatic carbocycles. The van der Waals surface area contributed by atoms with Crippen LogP contribution in [0.4, 0.5) is 5.69 Å². The van der Waals surface area contributed by atoms with Gasteiger partial charge in [0.05, 0.1) is 5.02 Å². The third-order valence-corrected chi connectivity index (χ3v) is 4.19. The van der Waals surface area contributed by atoms with Crippen LogP contribution in [0.5, 0.6) is 0 Å². The summed E-state index contributed by atoms with van der Waals surface area (Å²) in [5, 5.41) is 4.22. The fourth-order valence-corrected chi connectivity index (χ4v) is 2.94. The van der Waals surface area contributed by atoms with E-state index >= 15 is 0 Å². The number of cyclic esters (lactones) is 2. The van der Waals surface area contributed by atoms with Gasteiger partial charge in [0.2, 0.25) is 0 Å². The quantitative estimate of drug-likeness (QED) is 0.502. The smallest absolute Gasteiger partial charge is 0.350 e. The molecule has 1 aliphatic rings. The minimum Gasteiger partial charge on any atom is -0.459 e. The van der Waals surface area contributed by atoms with Crippen LogP contribution < -0.4 is 5.32 Å². The summed E-state index contributed by atoms with van der Waals surface area (Å²) in [5.41, 5.74) is 2.03. The van der Waals surface area contributed by atoms with E-state index in [9.17, 15) is 9.59 Å². The van der Waals surface area contributed by atoms with Crippen molar-refractivity contribution >= 4 is 40.2 Å². The Morgan fingerprint density at radius 1 is 1.20 bits per heavy atom. The van der Waals surface area contributed by atoms with Crippen molar-refractivity contribution in [3.63, 3.8) is 0 Å². The Balaban J connectivity index is 1.92. The van der Waals surface area contributed by atoms with Gasteiger partial charge in [-0.15, -0.1) is 0 Å². The first-order chi connectivity index (χ1) is 11.7. The Morgan fingerprint density at radius 2 is 1.84 bits per heavy atom. The number of furan rings is 1. The molecule has 132 valence electrons. The molecule has 0 amide bonds. The van der Waals surface area contributed by atoms with Gasteiger partial charge in [-0.05, 0) is 24.6 Å². The average molecular weight is 364 g/mol. The monoisotopic (exact) mass is 363 g/mol. The van der Waals surface area contributed by atoms with Crippen molar-refractivity contribution in [2.24, 2.45) is 0 Å². The van der Waals surface area contributed by atoms with E-state index in [-0.39, 0.29) is 5.57 Å². The average Bonchev–Trinajstić information content (AvgIpc) is 2.82. The molecule has 0 unspecified atom stereocenters. The number of esters is 2. The summed E-state index contributed by atoms with van der Waals surface area (Å²) in [7, 11) is 0. The largest absolute Gasteiger partial charge is 0.459 e. The summed E-state index contributed by atoms with van der Waals surface area (Å²) in [6.45, 7) is 6.95. The number of nitrogens with one attached hydrogen (secondary N) is 1. The number of hydrogen-bond donors (Lipinski definition) is 1. The van der Waals surface area contributed by atoms with Crippen molar-refractivity contribution in [1.82, 2.24) is 0 Å². The standard InChI is InChI=1S/C18H18ClNO5/c1-5-14-9(2)11-6-10(7-13(19)15(11)23-14)20-8-12-16(21)24-18(3,4)25-17(12)22/h6-8,20H,5H2,1-4H3. The molecule has 6 nitrogen and oxygen atoms in total. The number of carbonyl (C=O) groups excluding carboxylic acids is 2. The Labute approximate surface area is 149 Å². The second-order valence-corrected chi connectivity index (χ2v) is 6.63. The van der Waals surface area contributed by atoms with Crippen LogP contribution in [-0.4, -0.2) is 17.7 Å². The van der Waals surface area contributed by atoms with Gasteiger partial charge in [0.25, 0.3) is 5.79 Å². The summed E-state index contributed by atoms with van der Waals surface area (Å²) in [4.78, 5) is 23.9. The molecule has 0 saturated carbocycles. The van der Waals surface area contributed by atoms with Crippen LogP contribution in [0.1, 0.15) is 32.1 Å². The van der Waals surface area contributed by atoms with Crippen molar-refractivity contribution in [2.75, 3.05) is 5.32 Å². The molecule has 0 spiro atoms. The second-order valence-electron chi connectivity index (χ2n) is 6.22. The number of hydrogen-bond acceptors (Lipinski definition) is 6. The molecule has 0 bridgehead atoms. The predicted octanol–water partition coefficient (Wildman–Crippen LogP) is 4.09. The van der Waals surface area contributed by atoms with E-state index in [2.05, 4.69) is 5.32 Å². The van der Waals surface area contributed by atoms with Gasteiger partial charge in [-0.25, -0.2) is 9.59 Å². The van der Waals surface area contributed by atoms with E-state index < -0.39 is 17.7 Å². The normalized spacial score (nSPS) is 16.6. The molecule has 2 aromatic rings. The molecule has 3 rings (SSSR count). The third kappa shape index (κ3) is 3.22. The first-order valence-corrected chi connectivity index (χ1v) is 8.24. The van der Waals surface area contributed by atoms with E-state index in [4.69, 9.17) is 25.5 Å². The lowest BCUT2D eigenvalue weighted by Gasteiger charge is -2.29. The van der Waals surface area contributed by atoms with Gasteiger partial charge in [0.15, 0.2) is 11.2 Å². The van der Waals surface area contributed by atoms with Gasteiger partial charge < -0.3 is 19.2 Å². The maximum Gasteiger partial charge on any atom is 0.350 e. The highest BCUT2D eigenvalue weighted by Crippen LogP contribution is 2.34. The molecule has 1 saturated heterocycles. The molecule has 1 aliphatic heterocycles. The van der Waals surface area contributed by atoms with Crippen molar-refractivity contribution in [3.8, 4) is 0 Å². The highest BCUT2D eigenvalue weighted by molar-refractivity contribution is 6.35. The van der Waals surface area contributed by atoms with Crippen molar-refractivity contribution in [3.05, 3.63) is 40.3 Å². The van der Waals surface area contributed by atoms with Crippen LogP contribution in [0.3, 0.4) is 0 Å². The highest BCUT2D eigenvalue weighted by atomic mass is 35.5. The first-order valence-electron chi connectivity index (χ1n) is 7.86. The van der Waals surface area contributed by atoms with Crippen LogP contribution in [0, 0.1) is 6.92 Å². The number of halogens is 1. The lowest BCUT2D eigenvalue weighted by atomic mass is 10.1. The van der Waals surface area contributed by atoms with E-state index in [0.717, 1.165) is 23.1 Å². The zero-order chi connectivity index (χ0) is 18.4. The molecule has 1 N–H and O–H groups in total. The number of anilines is 1. The Kier molecular flexibility index (Phi) is 4.24. The minimum absolute atomic E-state index is 0.214. The zero-order valence-electron chi connectivity index (χ0n) is 14.4. The minimum atomic E-state index is -1.27. The lowest BCUT2D eigenvalue weighted by Crippen LogP contribution is -2.42. The Bertz CT molecular complexity index is 888. The van der Waals surface area contributed by atoms with Gasteiger partial charge in [-0.1, -0.05) is 18.5 Å². The van der Waals surface area contributed by atoms with Crippen molar-refractivity contribution in [1.29, 1.82) is 0 Å². The van der Waals surface area contributed by atoms with E-state index in [1.54, 1.807) is 6.07 Å². The molecular weight excluding hydrogens is 346 g/mol. The molecule has 25 heavy (non-hydrogen) atoms. The second kappa shape index (κ2) is 6.11. The number of benzene rings is 1. The molecule has 7 heteroatoms. The van der Waals surface area contributed by atoms with Gasteiger partial charge in [0.1, 0.15) is 5.76 Å². The molecule has 1 fully saturated rings. The van der Waals surface area contributed by atoms with Gasteiger partial charge >= 0.3 is 11.9 Å². The van der Waals surface area contributed by atoms with Crippen molar-refractivity contribution < 1.29 is 23.5 Å². The molecule has 0 aliphatic carbocycles. The summed E-state index contributed by atoms with van der Waals surface area (Å²) in [6.07, 6.45) is 2.02. The predicted molar refractivity (Wildman–Crippen MR) is 93.3 cm³/mol. The Morgan fingerprint density at radius 3 is 2.44 bits per heavy atom.